The van der Waals surface area contributed by atoms with Gasteiger partial charge < -0.3 is 15.3 Å². The van der Waals surface area contributed by atoms with Crippen molar-refractivity contribution in [2.45, 2.75) is 12.7 Å². The molecule has 3 aromatic rings. The highest BCUT2D eigenvalue weighted by atomic mass is 19.4. The Morgan fingerprint density at radius 2 is 1.81 bits per heavy atom. The Kier molecular flexibility index (Phi) is 8.00. The van der Waals surface area contributed by atoms with E-state index in [0.717, 1.165) is 18.3 Å². The van der Waals surface area contributed by atoms with E-state index in [9.17, 15) is 17.6 Å². The number of rotatable bonds is 8. The van der Waals surface area contributed by atoms with Crippen LogP contribution >= 0.6 is 0 Å². The second-order valence-electron chi connectivity index (χ2n) is 8.03. The third-order valence-corrected chi connectivity index (χ3v) is 5.49. The highest BCUT2D eigenvalue weighted by molar-refractivity contribution is 5.60. The number of nitrogens with zero attached hydrogens (tertiary/aromatic N) is 7. The van der Waals surface area contributed by atoms with E-state index >= 15 is 0 Å². The lowest BCUT2D eigenvalue weighted by Gasteiger charge is -2.35. The molecule has 36 heavy (non-hydrogen) atoms. The average Bonchev–Trinajstić information content (AvgIpc) is 2.86. The number of aliphatic hydroxyl groups is 1. The smallest absolute Gasteiger partial charge is 0.395 e. The zero-order chi connectivity index (χ0) is 25.5. The number of halogens is 4. The minimum atomic E-state index is -4.43. The van der Waals surface area contributed by atoms with Crippen LogP contribution in [0.15, 0.2) is 59.0 Å². The predicted octanol–water partition coefficient (Wildman–Crippen LogP) is 4.17. The summed E-state index contributed by atoms with van der Waals surface area (Å²) in [7, 11) is 0. The standard InChI is InChI=1S/C23H24F4N8O/c24-20-15-29-22(32-21(20)35-8-6-34(7-9-35)10-11-36)33-30-14-19-13-18(4-5-28-19)31-17-3-1-2-16(12-17)23(25,26)27/h1-5,12-13,15,36H,6-11,14H2,(H,28,31). The Morgan fingerprint density at radius 3 is 2.56 bits per heavy atom. The molecule has 0 unspecified atom stereocenters. The van der Waals surface area contributed by atoms with Gasteiger partial charge in [0.2, 0.25) is 0 Å². The van der Waals surface area contributed by atoms with Crippen molar-refractivity contribution in [3.05, 3.63) is 65.9 Å². The fourth-order valence-corrected chi connectivity index (χ4v) is 3.70. The molecule has 0 atom stereocenters. The zero-order valence-corrected chi connectivity index (χ0v) is 19.2. The van der Waals surface area contributed by atoms with Crippen molar-refractivity contribution in [3.8, 4) is 0 Å². The zero-order valence-electron chi connectivity index (χ0n) is 19.2. The van der Waals surface area contributed by atoms with Gasteiger partial charge in [-0.05, 0) is 30.3 Å². The fraction of sp³-hybridized carbons (Fsp3) is 0.348. The molecule has 1 fully saturated rings. The summed E-state index contributed by atoms with van der Waals surface area (Å²) >= 11 is 0. The van der Waals surface area contributed by atoms with Gasteiger partial charge in [-0.2, -0.15) is 23.3 Å². The summed E-state index contributed by atoms with van der Waals surface area (Å²) in [5.74, 6) is -0.407. The molecule has 0 radical (unpaired) electrons. The minimum Gasteiger partial charge on any atom is -0.395 e. The van der Waals surface area contributed by atoms with Crippen LogP contribution in [0, 0.1) is 5.82 Å². The maximum atomic E-state index is 14.3. The Hall–Kier alpha value is -3.71. The maximum Gasteiger partial charge on any atom is 0.416 e. The number of aromatic nitrogens is 3. The summed E-state index contributed by atoms with van der Waals surface area (Å²) in [5.41, 5.74) is 0.586. The number of benzene rings is 1. The lowest BCUT2D eigenvalue weighted by atomic mass is 10.2. The number of β-amino-alcohol motifs (C(OH)–C–C–N with tert-alkyl or cyclic N) is 1. The van der Waals surface area contributed by atoms with Crippen LogP contribution in [0.4, 0.5) is 40.7 Å². The first-order chi connectivity index (χ1) is 17.3. The average molecular weight is 504 g/mol. The topological polar surface area (TPSA) is 102 Å². The van der Waals surface area contributed by atoms with E-state index in [1.54, 1.807) is 17.0 Å². The lowest BCUT2D eigenvalue weighted by Crippen LogP contribution is -2.47. The second kappa shape index (κ2) is 11.4. The van der Waals surface area contributed by atoms with Crippen LogP contribution in [0.1, 0.15) is 11.3 Å². The molecular formula is C23H24F4N8O. The van der Waals surface area contributed by atoms with Crippen LogP contribution in [0.25, 0.3) is 0 Å². The van der Waals surface area contributed by atoms with E-state index in [1.807, 2.05) is 0 Å². The Morgan fingerprint density at radius 1 is 1.03 bits per heavy atom. The number of aliphatic hydroxyl groups excluding tert-OH is 1. The first kappa shape index (κ1) is 25.4. The van der Waals surface area contributed by atoms with Crippen molar-refractivity contribution in [1.29, 1.82) is 0 Å². The molecular weight excluding hydrogens is 480 g/mol. The quantitative estimate of drug-likeness (QED) is 0.351. The molecule has 1 saturated heterocycles. The Labute approximate surface area is 204 Å². The molecule has 3 heterocycles. The van der Waals surface area contributed by atoms with E-state index in [2.05, 4.69) is 35.4 Å². The Bertz CT molecular complexity index is 1200. The molecule has 2 aromatic heterocycles. The van der Waals surface area contributed by atoms with Crippen molar-refractivity contribution in [3.63, 3.8) is 0 Å². The van der Waals surface area contributed by atoms with Crippen LogP contribution in [-0.2, 0) is 12.7 Å². The van der Waals surface area contributed by atoms with E-state index in [4.69, 9.17) is 5.11 Å². The monoisotopic (exact) mass is 504 g/mol. The summed E-state index contributed by atoms with van der Waals surface area (Å²) in [5, 5.41) is 20.0. The molecule has 1 aliphatic rings. The SMILES string of the molecule is OCCN1CCN(c2nc(N=NCc3cc(Nc4cccc(C(F)(F)F)c4)ccn3)ncc2F)CC1. The van der Waals surface area contributed by atoms with Crippen LogP contribution in [0.3, 0.4) is 0 Å². The van der Waals surface area contributed by atoms with Gasteiger partial charge in [0, 0.05) is 50.3 Å². The lowest BCUT2D eigenvalue weighted by molar-refractivity contribution is -0.137. The molecule has 9 nitrogen and oxygen atoms in total. The molecule has 13 heteroatoms. The normalized spacial score (nSPS) is 15.0. The van der Waals surface area contributed by atoms with E-state index < -0.39 is 17.6 Å². The van der Waals surface area contributed by atoms with Crippen LogP contribution in [0.5, 0.6) is 0 Å². The van der Waals surface area contributed by atoms with E-state index in [-0.39, 0.29) is 30.6 Å². The third kappa shape index (κ3) is 6.70. The number of piperazine rings is 1. The predicted molar refractivity (Wildman–Crippen MR) is 125 cm³/mol. The molecule has 190 valence electrons. The number of nitrogens with one attached hydrogen (secondary N) is 1. The molecule has 0 spiro atoms. The number of anilines is 3. The molecule has 0 bridgehead atoms. The van der Waals surface area contributed by atoms with Gasteiger partial charge in [0.15, 0.2) is 11.6 Å². The number of hydrogen-bond donors (Lipinski definition) is 2. The van der Waals surface area contributed by atoms with E-state index in [1.165, 1.54) is 18.3 Å². The van der Waals surface area contributed by atoms with Gasteiger partial charge in [-0.1, -0.05) is 6.07 Å². The highest BCUT2D eigenvalue weighted by Gasteiger charge is 2.30. The largest absolute Gasteiger partial charge is 0.416 e. The van der Waals surface area contributed by atoms with Crippen molar-refractivity contribution < 1.29 is 22.7 Å². The van der Waals surface area contributed by atoms with Crippen molar-refractivity contribution in [2.24, 2.45) is 10.2 Å². The summed E-state index contributed by atoms with van der Waals surface area (Å²) in [6.07, 6.45) is -1.88. The summed E-state index contributed by atoms with van der Waals surface area (Å²) in [4.78, 5) is 16.1. The first-order valence-electron chi connectivity index (χ1n) is 11.2. The molecule has 4 rings (SSSR count). The van der Waals surface area contributed by atoms with Crippen LogP contribution < -0.4 is 10.2 Å². The third-order valence-electron chi connectivity index (χ3n) is 5.49. The summed E-state index contributed by atoms with van der Waals surface area (Å²) in [6, 6.07) is 8.15. The van der Waals surface area contributed by atoms with Gasteiger partial charge >= 0.3 is 6.18 Å². The second-order valence-corrected chi connectivity index (χ2v) is 8.03. The highest BCUT2D eigenvalue weighted by Crippen LogP contribution is 2.31. The van der Waals surface area contributed by atoms with Crippen LogP contribution in [0.2, 0.25) is 0 Å². The first-order valence-corrected chi connectivity index (χ1v) is 11.2. The van der Waals surface area contributed by atoms with Gasteiger partial charge in [0.25, 0.3) is 5.95 Å². The van der Waals surface area contributed by atoms with E-state index in [0.29, 0.717) is 44.1 Å². The van der Waals surface area contributed by atoms with Gasteiger partial charge in [0.1, 0.15) is 6.54 Å². The number of alkyl halides is 3. The molecule has 1 aliphatic heterocycles. The molecule has 1 aromatic carbocycles. The van der Waals surface area contributed by atoms with Crippen LogP contribution in [-0.4, -0.2) is 64.3 Å². The fourth-order valence-electron chi connectivity index (χ4n) is 3.70. The number of azo groups is 1. The molecule has 0 saturated carbocycles. The maximum absolute atomic E-state index is 14.3. The van der Waals surface area contributed by atoms with Crippen molar-refractivity contribution in [1.82, 2.24) is 19.9 Å². The molecule has 0 aliphatic carbocycles. The molecule has 2 N–H and O–H groups in total. The van der Waals surface area contributed by atoms with Gasteiger partial charge in [-0.15, -0.1) is 5.11 Å². The summed E-state index contributed by atoms with van der Waals surface area (Å²) in [6.45, 7) is 3.18. The molecule has 0 amide bonds. The number of pyridine rings is 1. The number of hydrogen-bond acceptors (Lipinski definition) is 9. The van der Waals surface area contributed by atoms with Crippen molar-refractivity contribution >= 4 is 23.1 Å². The van der Waals surface area contributed by atoms with Crippen molar-refractivity contribution in [2.75, 3.05) is 49.5 Å². The Balaban J connectivity index is 1.39. The van der Waals surface area contributed by atoms with Gasteiger partial charge in [0.05, 0.1) is 24.1 Å². The minimum absolute atomic E-state index is 0.00225. The van der Waals surface area contributed by atoms with Gasteiger partial charge in [-0.25, -0.2) is 9.37 Å². The van der Waals surface area contributed by atoms with Gasteiger partial charge in [-0.3, -0.25) is 9.88 Å². The summed E-state index contributed by atoms with van der Waals surface area (Å²) < 4.78 is 53.2.